The van der Waals surface area contributed by atoms with E-state index in [0.29, 0.717) is 30.8 Å². The highest BCUT2D eigenvalue weighted by molar-refractivity contribution is 7.12. The first-order valence-corrected chi connectivity index (χ1v) is 10.7. The molecule has 9 heteroatoms. The van der Waals surface area contributed by atoms with E-state index in [4.69, 9.17) is 0 Å². The molecule has 1 aliphatic carbocycles. The van der Waals surface area contributed by atoms with E-state index in [0.717, 1.165) is 12.8 Å². The maximum absolute atomic E-state index is 13.3. The molecule has 4 aliphatic rings. The number of nitrogens with one attached hydrogen (secondary N) is 2. The Morgan fingerprint density at radius 2 is 2.04 bits per heavy atom. The van der Waals surface area contributed by atoms with Crippen molar-refractivity contribution in [3.05, 3.63) is 22.4 Å². The summed E-state index contributed by atoms with van der Waals surface area (Å²) in [5.41, 5.74) is 0. The van der Waals surface area contributed by atoms with E-state index in [-0.39, 0.29) is 41.6 Å². The lowest BCUT2D eigenvalue weighted by Crippen LogP contribution is -2.52. The molecule has 3 aliphatic heterocycles. The second-order valence-corrected chi connectivity index (χ2v) is 8.99. The molecule has 1 saturated carbocycles. The summed E-state index contributed by atoms with van der Waals surface area (Å²) in [5.74, 6) is -0.443. The van der Waals surface area contributed by atoms with Crippen LogP contribution in [0.1, 0.15) is 35.4 Å². The predicted octanol–water partition coefficient (Wildman–Crippen LogP) is -0.0433. The summed E-state index contributed by atoms with van der Waals surface area (Å²) in [6, 6.07) is 1.73. The van der Waals surface area contributed by atoms with Gasteiger partial charge in [0.25, 0.3) is 5.91 Å². The maximum atomic E-state index is 13.3. The summed E-state index contributed by atoms with van der Waals surface area (Å²) >= 11 is 1.35. The molecule has 4 amide bonds. The molecule has 3 saturated heterocycles. The lowest BCUT2D eigenvalue weighted by Gasteiger charge is -2.29. The summed E-state index contributed by atoms with van der Waals surface area (Å²) in [4.78, 5) is 54.8. The average molecular weight is 402 g/mol. The number of nitrogens with zero attached hydrogens (tertiary/aromatic N) is 2. The van der Waals surface area contributed by atoms with Gasteiger partial charge in [-0.1, -0.05) is 6.07 Å². The standard InChI is InChI=1S/C19H22N4O4S/c24-16(10-3-4-10)20-11-8-13-17(25)21-12-5-6-22(15(12)19(27)23(13)9-11)18(26)14-2-1-7-28-14/h1-2,7,10-13,15H,3-6,8-9H2,(H,20,24)(H,21,25)/t11-,12+,13+,15-/m0/s1. The lowest BCUT2D eigenvalue weighted by atomic mass is 10.1. The van der Waals surface area contributed by atoms with Gasteiger partial charge in [-0.25, -0.2) is 0 Å². The Balaban J connectivity index is 1.36. The highest BCUT2D eigenvalue weighted by Crippen LogP contribution is 2.32. The monoisotopic (exact) mass is 402 g/mol. The number of fused-ring (bicyclic) bond motifs is 2. The quantitative estimate of drug-likeness (QED) is 0.741. The Bertz CT molecular complexity index is 837. The van der Waals surface area contributed by atoms with Crippen LogP contribution in [0, 0.1) is 5.92 Å². The van der Waals surface area contributed by atoms with Crippen molar-refractivity contribution in [3.8, 4) is 0 Å². The van der Waals surface area contributed by atoms with Gasteiger partial charge in [-0.3, -0.25) is 19.2 Å². The van der Waals surface area contributed by atoms with Crippen molar-refractivity contribution in [2.24, 2.45) is 5.92 Å². The van der Waals surface area contributed by atoms with Crippen molar-refractivity contribution in [2.45, 2.75) is 49.9 Å². The number of hydrogen-bond donors (Lipinski definition) is 2. The third-order valence-corrected chi connectivity index (χ3v) is 7.01. The fourth-order valence-corrected chi connectivity index (χ4v) is 5.24. The molecule has 28 heavy (non-hydrogen) atoms. The minimum absolute atomic E-state index is 0.0174. The minimum atomic E-state index is -0.679. The molecular formula is C19H22N4O4S. The molecule has 8 nitrogen and oxygen atoms in total. The lowest BCUT2D eigenvalue weighted by molar-refractivity contribution is -0.138. The molecule has 5 rings (SSSR count). The van der Waals surface area contributed by atoms with Crippen molar-refractivity contribution in [2.75, 3.05) is 13.1 Å². The zero-order valence-electron chi connectivity index (χ0n) is 15.3. The van der Waals surface area contributed by atoms with E-state index < -0.39 is 12.1 Å². The predicted molar refractivity (Wildman–Crippen MR) is 100 cm³/mol. The Labute approximate surface area is 166 Å². The molecule has 0 unspecified atom stereocenters. The fraction of sp³-hybridized carbons (Fsp3) is 0.579. The van der Waals surface area contributed by atoms with Gasteiger partial charge in [0.15, 0.2) is 0 Å². The Hall–Kier alpha value is -2.42. The van der Waals surface area contributed by atoms with Crippen LogP contribution in [0.3, 0.4) is 0 Å². The van der Waals surface area contributed by atoms with Gasteiger partial charge >= 0.3 is 0 Å². The third kappa shape index (κ3) is 2.88. The molecule has 148 valence electrons. The van der Waals surface area contributed by atoms with E-state index in [1.165, 1.54) is 11.3 Å². The zero-order chi connectivity index (χ0) is 19.4. The molecule has 0 bridgehead atoms. The van der Waals surface area contributed by atoms with Crippen LogP contribution in [-0.4, -0.2) is 70.7 Å². The molecule has 2 N–H and O–H groups in total. The molecule has 0 radical (unpaired) electrons. The highest BCUT2D eigenvalue weighted by Gasteiger charge is 2.52. The molecule has 4 atom stereocenters. The number of likely N-dealkylation sites (tertiary alicyclic amines) is 1. The summed E-state index contributed by atoms with van der Waals surface area (Å²) in [6.07, 6.45) is 2.82. The molecule has 4 heterocycles. The number of rotatable bonds is 3. The van der Waals surface area contributed by atoms with E-state index in [1.54, 1.807) is 15.9 Å². The molecule has 0 aromatic carbocycles. The fourth-order valence-electron chi connectivity index (χ4n) is 4.56. The van der Waals surface area contributed by atoms with Crippen molar-refractivity contribution >= 4 is 35.0 Å². The summed E-state index contributed by atoms with van der Waals surface area (Å²) in [6.45, 7) is 0.762. The zero-order valence-corrected chi connectivity index (χ0v) is 16.1. The summed E-state index contributed by atoms with van der Waals surface area (Å²) < 4.78 is 0. The van der Waals surface area contributed by atoms with Gasteiger partial charge in [0, 0.05) is 25.0 Å². The first kappa shape index (κ1) is 17.7. The van der Waals surface area contributed by atoms with Gasteiger partial charge in [0.05, 0.1) is 10.9 Å². The number of hydrogen-bond acceptors (Lipinski definition) is 5. The van der Waals surface area contributed by atoms with Gasteiger partial charge in [-0.15, -0.1) is 11.3 Å². The minimum Gasteiger partial charge on any atom is -0.351 e. The maximum Gasteiger partial charge on any atom is 0.264 e. The normalized spacial score (nSPS) is 31.9. The number of amides is 4. The van der Waals surface area contributed by atoms with Crippen LogP contribution in [-0.2, 0) is 14.4 Å². The first-order chi connectivity index (χ1) is 13.5. The second kappa shape index (κ2) is 6.58. The van der Waals surface area contributed by atoms with Gasteiger partial charge < -0.3 is 20.4 Å². The summed E-state index contributed by atoms with van der Waals surface area (Å²) in [5, 5.41) is 7.79. The Kier molecular flexibility index (Phi) is 4.15. The van der Waals surface area contributed by atoms with Gasteiger partial charge in [0.2, 0.25) is 17.7 Å². The van der Waals surface area contributed by atoms with Crippen LogP contribution < -0.4 is 10.6 Å². The topological polar surface area (TPSA) is 98.8 Å². The summed E-state index contributed by atoms with van der Waals surface area (Å²) in [7, 11) is 0. The van der Waals surface area contributed by atoms with Crippen molar-refractivity contribution in [1.82, 2.24) is 20.4 Å². The Morgan fingerprint density at radius 1 is 1.21 bits per heavy atom. The highest BCUT2D eigenvalue weighted by atomic mass is 32.1. The Morgan fingerprint density at radius 3 is 2.75 bits per heavy atom. The third-order valence-electron chi connectivity index (χ3n) is 6.15. The largest absolute Gasteiger partial charge is 0.351 e. The van der Waals surface area contributed by atoms with Gasteiger partial charge in [-0.2, -0.15) is 0 Å². The van der Waals surface area contributed by atoms with E-state index in [9.17, 15) is 19.2 Å². The molecule has 1 aromatic rings. The number of carbonyl (C=O) groups excluding carboxylic acids is 4. The average Bonchev–Trinajstić information content (AvgIpc) is 3.09. The van der Waals surface area contributed by atoms with Crippen LogP contribution in [0.4, 0.5) is 0 Å². The molecule has 1 aromatic heterocycles. The number of thiophene rings is 1. The first-order valence-electron chi connectivity index (χ1n) is 9.78. The second-order valence-electron chi connectivity index (χ2n) is 8.05. The number of carbonyl (C=O) groups is 4. The van der Waals surface area contributed by atoms with Crippen molar-refractivity contribution in [3.63, 3.8) is 0 Å². The van der Waals surface area contributed by atoms with Gasteiger partial charge in [-0.05, 0) is 37.1 Å². The van der Waals surface area contributed by atoms with Crippen LogP contribution in [0.5, 0.6) is 0 Å². The molecular weight excluding hydrogens is 380 g/mol. The molecule has 4 fully saturated rings. The van der Waals surface area contributed by atoms with Crippen molar-refractivity contribution in [1.29, 1.82) is 0 Å². The van der Waals surface area contributed by atoms with Crippen LogP contribution in [0.15, 0.2) is 17.5 Å². The SMILES string of the molecule is O=C(N[C@H]1C[C@@H]2C(=O)N[C@@H]3CCN(C(=O)c4cccs4)[C@@H]3C(=O)N2C1)C1CC1. The van der Waals surface area contributed by atoms with Crippen LogP contribution >= 0.6 is 11.3 Å². The van der Waals surface area contributed by atoms with Crippen LogP contribution in [0.25, 0.3) is 0 Å². The van der Waals surface area contributed by atoms with E-state index in [2.05, 4.69) is 10.6 Å². The smallest absolute Gasteiger partial charge is 0.264 e. The van der Waals surface area contributed by atoms with E-state index in [1.807, 2.05) is 11.4 Å². The van der Waals surface area contributed by atoms with Crippen molar-refractivity contribution < 1.29 is 19.2 Å². The van der Waals surface area contributed by atoms with E-state index >= 15 is 0 Å². The van der Waals surface area contributed by atoms with Crippen LogP contribution in [0.2, 0.25) is 0 Å². The molecule has 0 spiro atoms. The van der Waals surface area contributed by atoms with Gasteiger partial charge in [0.1, 0.15) is 12.1 Å².